The van der Waals surface area contributed by atoms with Crippen LogP contribution in [0.25, 0.3) is 0 Å². The van der Waals surface area contributed by atoms with E-state index in [1.807, 2.05) is 0 Å². The van der Waals surface area contributed by atoms with Gasteiger partial charge >= 0.3 is 0 Å². The lowest BCUT2D eigenvalue weighted by atomic mass is 9.34. The van der Waals surface area contributed by atoms with Crippen LogP contribution in [0.5, 0.6) is 0 Å². The molecule has 0 saturated heterocycles. The average Bonchev–Trinajstić information content (AvgIpc) is 3.54. The summed E-state index contributed by atoms with van der Waals surface area (Å²) in [4.78, 5) is 5.31. The van der Waals surface area contributed by atoms with Gasteiger partial charge in [0.2, 0.25) is 0 Å². The summed E-state index contributed by atoms with van der Waals surface area (Å²) in [6, 6.07) is 26.7. The molecule has 0 bridgehead atoms. The Balaban J connectivity index is 1.44. The molecule has 0 unspecified atom stereocenters. The number of benzene rings is 4. The van der Waals surface area contributed by atoms with Crippen molar-refractivity contribution in [3.63, 3.8) is 0 Å². The number of furan rings is 1. The van der Waals surface area contributed by atoms with E-state index < -0.39 is 0 Å². The SMILES string of the molecule is Cc1cc2c3c(c1)N(c1ccc(C(C)(C)C)cc1C)c1c(oc4c1C(C)(C)CCC4(C)C)B3c1ccc3c(c1N2c1ccc(C(C)(C)C)cc1)C(C)(C)CCC3(C)C. The van der Waals surface area contributed by atoms with E-state index in [1.54, 1.807) is 0 Å². The highest BCUT2D eigenvalue weighted by atomic mass is 16.3. The largest absolute Gasteiger partial charge is 0.472 e. The molecule has 2 aliphatic carbocycles. The highest BCUT2D eigenvalue weighted by Crippen LogP contribution is 2.57. The zero-order valence-electron chi connectivity index (χ0n) is 38.6. The van der Waals surface area contributed by atoms with Crippen molar-refractivity contribution in [3.05, 3.63) is 111 Å². The third-order valence-corrected chi connectivity index (χ3v) is 14.9. The van der Waals surface area contributed by atoms with Crippen molar-refractivity contribution in [3.8, 4) is 0 Å². The van der Waals surface area contributed by atoms with Crippen molar-refractivity contribution < 1.29 is 4.42 Å². The number of nitrogens with zero attached hydrogens (tertiary/aromatic N) is 2. The third-order valence-electron chi connectivity index (χ3n) is 14.9. The van der Waals surface area contributed by atoms with Crippen LogP contribution in [0.4, 0.5) is 34.1 Å². The molecule has 4 aliphatic rings. The number of hydrogen-bond acceptors (Lipinski definition) is 3. The van der Waals surface area contributed by atoms with Gasteiger partial charge in [-0.1, -0.05) is 133 Å². The van der Waals surface area contributed by atoms with Crippen molar-refractivity contribution in [2.24, 2.45) is 0 Å². The van der Waals surface area contributed by atoms with E-state index in [-0.39, 0.29) is 39.2 Å². The van der Waals surface area contributed by atoms with Gasteiger partial charge < -0.3 is 14.2 Å². The number of fused-ring (bicyclic) bond motifs is 8. The zero-order chi connectivity index (χ0) is 41.9. The molecule has 2 aliphatic heterocycles. The zero-order valence-corrected chi connectivity index (χ0v) is 38.6. The minimum absolute atomic E-state index is 0.00815. The summed E-state index contributed by atoms with van der Waals surface area (Å²) in [7, 11) is 0. The summed E-state index contributed by atoms with van der Waals surface area (Å²) in [5.74, 6) is 1.18. The predicted molar refractivity (Wildman–Crippen MR) is 250 cm³/mol. The number of rotatable bonds is 2. The van der Waals surface area contributed by atoms with Crippen LogP contribution in [0, 0.1) is 13.8 Å². The first-order valence-electron chi connectivity index (χ1n) is 22.2. The maximum absolute atomic E-state index is 7.66. The number of aryl methyl sites for hydroxylation is 2. The number of anilines is 6. The van der Waals surface area contributed by atoms with Crippen molar-refractivity contribution in [2.45, 2.75) is 169 Å². The van der Waals surface area contributed by atoms with Crippen LogP contribution in [0.1, 0.15) is 167 Å². The predicted octanol–water partition coefficient (Wildman–Crippen LogP) is 13.3. The molecule has 9 rings (SSSR count). The Morgan fingerprint density at radius 1 is 0.552 bits per heavy atom. The van der Waals surface area contributed by atoms with Crippen LogP contribution in [-0.2, 0) is 32.5 Å². The monoisotopic (exact) mass is 771 g/mol. The summed E-state index contributed by atoms with van der Waals surface area (Å²) in [5.41, 5.74) is 21.2. The number of hydrogen-bond donors (Lipinski definition) is 0. The molecule has 0 amide bonds. The lowest BCUT2D eigenvalue weighted by molar-refractivity contribution is 0.282. The van der Waals surface area contributed by atoms with E-state index >= 15 is 0 Å². The van der Waals surface area contributed by atoms with Crippen molar-refractivity contribution in [1.82, 2.24) is 0 Å². The third kappa shape index (κ3) is 5.66. The molecule has 0 fully saturated rings. The van der Waals surface area contributed by atoms with Gasteiger partial charge in [-0.3, -0.25) is 0 Å². The first kappa shape index (κ1) is 39.3. The summed E-state index contributed by atoms with van der Waals surface area (Å²) in [5, 5.41) is 0. The summed E-state index contributed by atoms with van der Waals surface area (Å²) in [6.07, 6.45) is 4.55. The molecule has 302 valence electrons. The Morgan fingerprint density at radius 2 is 1.10 bits per heavy atom. The highest BCUT2D eigenvalue weighted by molar-refractivity contribution is 6.99. The second kappa shape index (κ2) is 12.2. The van der Waals surface area contributed by atoms with Crippen molar-refractivity contribution >= 4 is 57.4 Å². The Labute approximate surface area is 350 Å². The molecule has 0 N–H and O–H groups in total. The van der Waals surface area contributed by atoms with Crippen LogP contribution >= 0.6 is 0 Å². The molecule has 0 atom stereocenters. The van der Waals surface area contributed by atoms with Gasteiger partial charge in [0.1, 0.15) is 5.76 Å². The van der Waals surface area contributed by atoms with Crippen LogP contribution < -0.4 is 26.4 Å². The van der Waals surface area contributed by atoms with E-state index in [9.17, 15) is 0 Å². The molecular weight excluding hydrogens is 703 g/mol. The molecular formula is C54H67BN2O. The van der Waals surface area contributed by atoms with Crippen LogP contribution in [0.15, 0.2) is 71.1 Å². The van der Waals surface area contributed by atoms with E-state index in [2.05, 4.69) is 187 Å². The van der Waals surface area contributed by atoms with Crippen molar-refractivity contribution in [2.75, 3.05) is 9.80 Å². The first-order chi connectivity index (χ1) is 26.8. The maximum atomic E-state index is 7.66. The van der Waals surface area contributed by atoms with Gasteiger partial charge in [-0.2, -0.15) is 0 Å². The van der Waals surface area contributed by atoms with E-state index in [0.717, 1.165) is 24.9 Å². The quantitative estimate of drug-likeness (QED) is 0.163. The highest BCUT2D eigenvalue weighted by Gasteiger charge is 2.54. The lowest BCUT2D eigenvalue weighted by Crippen LogP contribution is -2.62. The van der Waals surface area contributed by atoms with Gasteiger partial charge in [0.05, 0.1) is 11.3 Å². The molecule has 1 aromatic heterocycles. The fourth-order valence-electron chi connectivity index (χ4n) is 11.1. The van der Waals surface area contributed by atoms with E-state index in [0.29, 0.717) is 0 Å². The maximum Gasteiger partial charge on any atom is 0.297 e. The first-order valence-corrected chi connectivity index (χ1v) is 22.2. The van der Waals surface area contributed by atoms with Crippen molar-refractivity contribution in [1.29, 1.82) is 0 Å². The Kier molecular flexibility index (Phi) is 8.27. The molecule has 4 heteroatoms. The van der Waals surface area contributed by atoms with E-state index in [4.69, 9.17) is 4.42 Å². The molecule has 58 heavy (non-hydrogen) atoms. The van der Waals surface area contributed by atoms with E-state index in [1.165, 1.54) is 96.2 Å². The standard InChI is InChI=1S/C54H67BN2O/c1-32-29-40-44-41(30-32)57(39-24-19-35(31-33(39)2)50(6,7)8)46-43-47(54(15,16)28-27-53(43,13)14)58-48(46)55(44)38-23-22-37-42(52(11,12)26-25-51(37,9)10)45(38)56(40)36-20-17-34(18-21-36)49(3,4)5/h17-24,29-31H,25-28H2,1-16H3. The molecule has 5 aromatic rings. The molecule has 0 saturated carbocycles. The smallest absolute Gasteiger partial charge is 0.297 e. The second-order valence-electron chi connectivity index (χ2n) is 23.3. The Bertz CT molecular complexity index is 2510. The van der Waals surface area contributed by atoms with Gasteiger partial charge in [-0.05, 0) is 141 Å². The lowest BCUT2D eigenvalue weighted by Gasteiger charge is -2.49. The molecule has 3 heterocycles. The average molecular weight is 771 g/mol. The topological polar surface area (TPSA) is 19.6 Å². The van der Waals surface area contributed by atoms with Gasteiger partial charge in [0, 0.05) is 39.4 Å². The summed E-state index contributed by atoms with van der Waals surface area (Å²) < 4.78 is 7.66. The van der Waals surface area contributed by atoms with Gasteiger partial charge in [0.15, 0.2) is 0 Å². The van der Waals surface area contributed by atoms with Gasteiger partial charge in [0.25, 0.3) is 6.71 Å². The minimum Gasteiger partial charge on any atom is -0.472 e. The Hall–Kier alpha value is -4.18. The van der Waals surface area contributed by atoms with Crippen LogP contribution in [0.3, 0.4) is 0 Å². The summed E-state index contributed by atoms with van der Waals surface area (Å²) >= 11 is 0. The van der Waals surface area contributed by atoms with Gasteiger partial charge in [-0.15, -0.1) is 0 Å². The fraction of sp³-hybridized carbons (Fsp3) is 0.481. The normalized spacial score (nSPS) is 19.6. The summed E-state index contributed by atoms with van der Waals surface area (Å²) in [6.45, 7) is 38.1. The molecule has 4 aromatic carbocycles. The Morgan fingerprint density at radius 3 is 1.71 bits per heavy atom. The van der Waals surface area contributed by atoms with Crippen LogP contribution in [-0.4, -0.2) is 6.71 Å². The van der Waals surface area contributed by atoms with Crippen LogP contribution in [0.2, 0.25) is 0 Å². The molecule has 0 radical (unpaired) electrons. The fourth-order valence-corrected chi connectivity index (χ4v) is 11.1. The minimum atomic E-state index is -0.0792. The molecule has 0 spiro atoms. The van der Waals surface area contributed by atoms with Gasteiger partial charge in [-0.25, -0.2) is 0 Å². The molecule has 3 nitrogen and oxygen atoms in total. The second-order valence-corrected chi connectivity index (χ2v) is 23.3.